The fourth-order valence-corrected chi connectivity index (χ4v) is 4.85. The Bertz CT molecular complexity index is 1880. The summed E-state index contributed by atoms with van der Waals surface area (Å²) in [4.78, 5) is 33.6. The summed E-state index contributed by atoms with van der Waals surface area (Å²) in [7, 11) is 0. The Morgan fingerprint density at radius 3 is 2.71 bits per heavy atom. The van der Waals surface area contributed by atoms with E-state index in [1.807, 2.05) is 60.9 Å². The molecule has 0 spiro atoms. The molecule has 0 unspecified atom stereocenters. The zero-order valence-electron chi connectivity index (χ0n) is 22.7. The lowest BCUT2D eigenvalue weighted by atomic mass is 9.99. The molecule has 0 fully saturated rings. The Morgan fingerprint density at radius 1 is 1.12 bits per heavy atom. The van der Waals surface area contributed by atoms with Gasteiger partial charge in [-0.05, 0) is 66.9 Å². The van der Waals surface area contributed by atoms with Crippen LogP contribution in [0.3, 0.4) is 0 Å². The molecule has 0 aliphatic heterocycles. The number of carbonyl (C=O) groups is 2. The fraction of sp³-hybridized carbons (Fsp3) is 0.125. The van der Waals surface area contributed by atoms with E-state index < -0.39 is 5.97 Å². The number of aromatic amines is 1. The number of aryl methyl sites for hydroxylation is 1. The van der Waals surface area contributed by atoms with E-state index in [4.69, 9.17) is 20.4 Å². The fourth-order valence-electron chi connectivity index (χ4n) is 4.85. The van der Waals surface area contributed by atoms with Gasteiger partial charge >= 0.3 is 5.97 Å². The largest absolute Gasteiger partial charge is 0.483 e. The van der Waals surface area contributed by atoms with Gasteiger partial charge in [0.1, 0.15) is 18.1 Å². The summed E-state index contributed by atoms with van der Waals surface area (Å²) in [5, 5.41) is 8.00. The number of nitrogens with zero attached hydrogens (tertiary/aromatic N) is 3. The van der Waals surface area contributed by atoms with Crippen LogP contribution in [-0.4, -0.2) is 49.5 Å². The van der Waals surface area contributed by atoms with Crippen molar-refractivity contribution in [3.05, 3.63) is 114 Å². The molecule has 0 amide bonds. The third-order valence-corrected chi connectivity index (χ3v) is 6.85. The van der Waals surface area contributed by atoms with Crippen molar-refractivity contribution in [2.24, 2.45) is 5.73 Å². The quantitative estimate of drug-likeness (QED) is 0.174. The van der Waals surface area contributed by atoms with Crippen molar-refractivity contribution in [2.45, 2.75) is 19.4 Å². The summed E-state index contributed by atoms with van der Waals surface area (Å²) in [6, 6.07) is 20.1. The molecule has 4 N–H and O–H groups in total. The first-order valence-corrected chi connectivity index (χ1v) is 13.1. The number of para-hydroxylation sites is 1. The van der Waals surface area contributed by atoms with E-state index in [1.54, 1.807) is 29.7 Å². The molecule has 212 valence electrons. The number of rotatable bonds is 7. The molecule has 6 aromatic rings. The first-order valence-electron chi connectivity index (χ1n) is 13.1. The molecule has 4 aromatic heterocycles. The number of esters is 1. The first-order chi connectivity index (χ1) is 20.4. The van der Waals surface area contributed by atoms with E-state index in [0.717, 1.165) is 33.2 Å². The summed E-state index contributed by atoms with van der Waals surface area (Å²) >= 11 is 0. The van der Waals surface area contributed by atoms with Gasteiger partial charge in [-0.25, -0.2) is 14.2 Å². The zero-order chi connectivity index (χ0) is 29.6. The highest BCUT2D eigenvalue weighted by Crippen LogP contribution is 2.31. The molecule has 0 radical (unpaired) electrons. The molecule has 0 aliphatic carbocycles. The van der Waals surface area contributed by atoms with Gasteiger partial charge < -0.3 is 20.6 Å². The van der Waals surface area contributed by atoms with Crippen molar-refractivity contribution in [1.82, 2.24) is 19.4 Å². The maximum Gasteiger partial charge on any atom is 0.357 e. The number of H-pyrrole nitrogens is 1. The lowest BCUT2D eigenvalue weighted by Gasteiger charge is -2.13. The van der Waals surface area contributed by atoms with Gasteiger partial charge in [0.2, 0.25) is 0 Å². The predicted octanol–water partition coefficient (Wildman–Crippen LogP) is 5.42. The highest BCUT2D eigenvalue weighted by Gasteiger charge is 2.18. The second kappa shape index (κ2) is 12.4. The minimum Gasteiger partial charge on any atom is -0.483 e. The number of fused-ring (bicyclic) bond motifs is 2. The van der Waals surface area contributed by atoms with E-state index in [0.29, 0.717) is 29.0 Å². The van der Waals surface area contributed by atoms with Gasteiger partial charge in [0.05, 0.1) is 11.9 Å². The second-order valence-corrected chi connectivity index (χ2v) is 9.68. The van der Waals surface area contributed by atoms with Crippen molar-refractivity contribution in [1.29, 1.82) is 0 Å². The van der Waals surface area contributed by atoms with Gasteiger partial charge in [-0.3, -0.25) is 14.2 Å². The molecule has 6 rings (SSSR count). The van der Waals surface area contributed by atoms with Crippen LogP contribution in [0.4, 0.5) is 4.39 Å². The van der Waals surface area contributed by atoms with Gasteiger partial charge in [0.15, 0.2) is 5.69 Å². The van der Waals surface area contributed by atoms with E-state index in [-0.39, 0.29) is 24.9 Å². The van der Waals surface area contributed by atoms with Crippen LogP contribution in [0, 0.1) is 12.7 Å². The van der Waals surface area contributed by atoms with E-state index in [9.17, 15) is 9.18 Å². The maximum absolute atomic E-state index is 13.9. The van der Waals surface area contributed by atoms with Crippen LogP contribution in [-0.2, 0) is 16.0 Å². The van der Waals surface area contributed by atoms with Crippen LogP contribution in [0.2, 0.25) is 0 Å². The number of hydrogen-bond donors (Lipinski definition) is 3. The van der Waals surface area contributed by atoms with E-state index in [1.165, 1.54) is 12.3 Å². The molecule has 0 aliphatic rings. The number of ether oxygens (including phenoxy) is 1. The predicted molar refractivity (Wildman–Crippen MR) is 158 cm³/mol. The Kier molecular flexibility index (Phi) is 8.35. The molecular weight excluding hydrogens is 537 g/mol. The number of nitrogens with one attached hydrogen (secondary N) is 1. The summed E-state index contributed by atoms with van der Waals surface area (Å²) in [5.74, 6) is -0.769. The van der Waals surface area contributed by atoms with Crippen LogP contribution in [0.25, 0.3) is 38.9 Å². The second-order valence-electron chi connectivity index (χ2n) is 9.68. The topological polar surface area (TPSA) is 136 Å². The highest BCUT2D eigenvalue weighted by atomic mass is 19.1. The summed E-state index contributed by atoms with van der Waals surface area (Å²) < 4.78 is 21.2. The van der Waals surface area contributed by atoms with Gasteiger partial charge in [0.25, 0.3) is 6.47 Å². The van der Waals surface area contributed by atoms with Crippen LogP contribution in [0.15, 0.2) is 91.5 Å². The molecule has 9 nitrogen and oxygen atoms in total. The van der Waals surface area contributed by atoms with Gasteiger partial charge in [-0.15, -0.1) is 0 Å². The minimum atomic E-state index is -0.505. The summed E-state index contributed by atoms with van der Waals surface area (Å²) in [6.45, 7) is 1.55. The Balaban J connectivity index is 0.00000113. The number of pyridine rings is 2. The van der Waals surface area contributed by atoms with Crippen molar-refractivity contribution < 1.29 is 23.8 Å². The van der Waals surface area contributed by atoms with Crippen LogP contribution in [0.1, 0.15) is 21.6 Å². The smallest absolute Gasteiger partial charge is 0.357 e. The molecule has 4 heterocycles. The summed E-state index contributed by atoms with van der Waals surface area (Å²) in [5.41, 5.74) is 13.1. The molecule has 2 aromatic carbocycles. The van der Waals surface area contributed by atoms with Crippen LogP contribution < -0.4 is 5.73 Å². The van der Waals surface area contributed by atoms with Crippen molar-refractivity contribution in [2.75, 3.05) is 6.61 Å². The molecule has 10 heteroatoms. The number of nitrogens with two attached hydrogens (primary N) is 1. The summed E-state index contributed by atoms with van der Waals surface area (Å²) in [6.07, 6.45) is 7.55. The van der Waals surface area contributed by atoms with Gasteiger partial charge in [0, 0.05) is 52.2 Å². The van der Waals surface area contributed by atoms with Gasteiger partial charge in [-0.1, -0.05) is 24.3 Å². The SMILES string of the molecule is Cc1cc(-c2ncccc2-c2ccc3ncc(C(=O)OC[C@H](N)Cc4c[nH]c5ccccc45)n3c2)ccc1F.O=CO. The number of benzene rings is 2. The molecule has 42 heavy (non-hydrogen) atoms. The average molecular weight is 566 g/mol. The Hall–Kier alpha value is -5.35. The van der Waals surface area contributed by atoms with Crippen molar-refractivity contribution >= 4 is 29.0 Å². The van der Waals surface area contributed by atoms with Crippen molar-refractivity contribution in [3.8, 4) is 22.4 Å². The van der Waals surface area contributed by atoms with Gasteiger partial charge in [-0.2, -0.15) is 0 Å². The molecule has 1 atom stereocenters. The third-order valence-electron chi connectivity index (χ3n) is 6.85. The number of halogens is 1. The van der Waals surface area contributed by atoms with Crippen LogP contribution in [0.5, 0.6) is 0 Å². The Labute approximate surface area is 240 Å². The molecular formula is C32H28FN5O4. The standard InChI is InChI=1S/C31H26FN5O2.CH2O2/c1-19-13-20(8-10-26(19)32)30-25(6-4-12-34-30)21-9-11-29-36-16-28(37(29)17-21)31(38)39-18-23(33)14-22-15-35-27-7-3-2-5-24(22)27;2-1-3/h2-13,15-17,23,35H,14,18,33H2,1H3;1H,(H,2,3)/t23-;/m1./s1. The zero-order valence-corrected chi connectivity index (χ0v) is 22.7. The number of imidazole rings is 1. The molecule has 0 saturated carbocycles. The Morgan fingerprint density at radius 2 is 1.90 bits per heavy atom. The lowest BCUT2D eigenvalue weighted by Crippen LogP contribution is -2.30. The van der Waals surface area contributed by atoms with E-state index in [2.05, 4.69) is 15.0 Å². The minimum absolute atomic E-state index is 0.0714. The monoisotopic (exact) mass is 565 g/mol. The molecule has 0 saturated heterocycles. The average Bonchev–Trinajstić information content (AvgIpc) is 3.62. The number of hydrogen-bond acceptors (Lipinski definition) is 6. The highest BCUT2D eigenvalue weighted by molar-refractivity contribution is 5.89. The first kappa shape index (κ1) is 28.2. The van der Waals surface area contributed by atoms with E-state index >= 15 is 0 Å². The van der Waals surface area contributed by atoms with Crippen molar-refractivity contribution in [3.63, 3.8) is 0 Å². The number of aromatic nitrogens is 4. The van der Waals surface area contributed by atoms with Crippen LogP contribution >= 0.6 is 0 Å². The lowest BCUT2D eigenvalue weighted by molar-refractivity contribution is -0.122. The number of carbonyl (C=O) groups excluding carboxylic acids is 1. The maximum atomic E-state index is 13.9. The molecule has 0 bridgehead atoms. The number of carboxylic acid groups (broad SMARTS) is 1. The normalized spacial score (nSPS) is 11.6. The third kappa shape index (κ3) is 5.89.